The number of hydrogen-bond acceptors (Lipinski definition) is 1. The van der Waals surface area contributed by atoms with Gasteiger partial charge in [-0.25, -0.2) is 0 Å². The van der Waals surface area contributed by atoms with Gasteiger partial charge in [0.05, 0.1) is 22.4 Å². The summed E-state index contributed by atoms with van der Waals surface area (Å²) in [6.07, 6.45) is 0. The summed E-state index contributed by atoms with van der Waals surface area (Å²) in [5.41, 5.74) is 9.71. The van der Waals surface area contributed by atoms with Crippen molar-refractivity contribution in [1.82, 2.24) is 4.57 Å². The van der Waals surface area contributed by atoms with E-state index in [1.807, 2.05) is 30.3 Å². The highest BCUT2D eigenvalue weighted by Gasteiger charge is 2.47. The number of para-hydroxylation sites is 3. The number of hydrogen-bond donors (Lipinski definition) is 0. The van der Waals surface area contributed by atoms with Gasteiger partial charge in [0.2, 0.25) is 7.29 Å². The van der Waals surface area contributed by atoms with Gasteiger partial charge in [0, 0.05) is 38.2 Å². The van der Waals surface area contributed by atoms with Crippen molar-refractivity contribution >= 4 is 51.1 Å². The summed E-state index contributed by atoms with van der Waals surface area (Å²) in [5, 5.41) is 4.27. The minimum atomic E-state index is -3.19. The Balaban J connectivity index is 1.38. The number of aromatic nitrogens is 1. The smallest absolute Gasteiger partial charge is 0.235 e. The second-order valence-corrected chi connectivity index (χ2v) is 13.0. The summed E-state index contributed by atoms with van der Waals surface area (Å²) in [5.74, 6) is 0. The molecule has 1 unspecified atom stereocenters. The summed E-state index contributed by atoms with van der Waals surface area (Å²) in [6, 6.07) is 48.6. The molecule has 0 aliphatic carbocycles. The van der Waals surface area contributed by atoms with Crippen molar-refractivity contribution in [2.75, 3.05) is 4.67 Å². The first-order valence-corrected chi connectivity index (χ1v) is 15.2. The second-order valence-electron chi connectivity index (χ2n) is 10.5. The number of fused-ring (bicyclic) bond motifs is 14. The minimum absolute atomic E-state index is 0.892. The maximum atomic E-state index is 15.6. The summed E-state index contributed by atoms with van der Waals surface area (Å²) < 4.78 is 20.1. The van der Waals surface area contributed by atoms with Gasteiger partial charge in [-0.3, -0.25) is 9.24 Å². The minimum Gasteiger partial charge on any atom is -0.309 e. The van der Waals surface area contributed by atoms with Crippen LogP contribution < -0.4 is 15.3 Å². The molecule has 40 heavy (non-hydrogen) atoms. The zero-order valence-corrected chi connectivity index (χ0v) is 22.4. The Morgan fingerprint density at radius 1 is 0.450 bits per heavy atom. The van der Waals surface area contributed by atoms with E-state index in [1.165, 1.54) is 21.8 Å². The molecule has 0 radical (unpaired) electrons. The first-order valence-electron chi connectivity index (χ1n) is 13.6. The lowest BCUT2D eigenvalue weighted by molar-refractivity contribution is 0.586. The maximum Gasteiger partial charge on any atom is 0.235 e. The van der Waals surface area contributed by atoms with Gasteiger partial charge < -0.3 is 4.57 Å². The van der Waals surface area contributed by atoms with Crippen LogP contribution in [0, 0.1) is 0 Å². The van der Waals surface area contributed by atoms with E-state index in [0.717, 1.165) is 49.9 Å². The molecule has 2 aliphatic heterocycles. The predicted octanol–water partition coefficient (Wildman–Crippen LogP) is 8.81. The Morgan fingerprint density at radius 2 is 0.950 bits per heavy atom. The molecule has 1 atom stereocenters. The van der Waals surface area contributed by atoms with E-state index in [0.29, 0.717) is 0 Å². The first-order chi connectivity index (χ1) is 19.7. The normalized spacial score (nSPS) is 16.6. The molecule has 2 aliphatic rings. The van der Waals surface area contributed by atoms with E-state index in [1.54, 1.807) is 0 Å². The molecule has 0 saturated heterocycles. The highest BCUT2D eigenvalue weighted by Crippen LogP contribution is 2.65. The van der Waals surface area contributed by atoms with Crippen LogP contribution in [-0.4, -0.2) is 4.57 Å². The molecule has 1 aromatic heterocycles. The summed E-state index contributed by atoms with van der Waals surface area (Å²) in [4.78, 5) is 0. The van der Waals surface area contributed by atoms with Crippen molar-refractivity contribution in [3.63, 3.8) is 0 Å². The molecule has 0 fully saturated rings. The van der Waals surface area contributed by atoms with Crippen molar-refractivity contribution in [1.29, 1.82) is 0 Å². The molecule has 0 N–H and O–H groups in total. The average Bonchev–Trinajstić information content (AvgIpc) is 3.36. The SMILES string of the molecule is O=P12c3ccccc3-c3ccccc3N1c1ccc(-n3c4ccccc4c4ccccc43)cc1-c1ccccc12. The summed E-state index contributed by atoms with van der Waals surface area (Å²) in [6.45, 7) is 0. The van der Waals surface area contributed by atoms with E-state index in [4.69, 9.17) is 0 Å². The number of rotatable bonds is 1. The van der Waals surface area contributed by atoms with Crippen LogP contribution in [0.25, 0.3) is 49.7 Å². The largest absolute Gasteiger partial charge is 0.309 e. The standard InChI is InChI=1S/C36H23N2OP/c39-40-35-19-9-4-14-28(35)27-13-3-8-18-33(27)38(40)34-22-21-24(23-30(34)29-15-5-10-20-36(29)40)37-31-16-6-1-11-25(31)26-12-2-7-17-32(26)37/h1-23H. The van der Waals surface area contributed by atoms with E-state index in [-0.39, 0.29) is 0 Å². The average molecular weight is 531 g/mol. The van der Waals surface area contributed by atoms with Crippen LogP contribution in [0.15, 0.2) is 140 Å². The molecule has 0 bridgehead atoms. The van der Waals surface area contributed by atoms with Gasteiger partial charge in [-0.05, 0) is 59.7 Å². The van der Waals surface area contributed by atoms with Gasteiger partial charge >= 0.3 is 0 Å². The first kappa shape index (κ1) is 22.0. The number of nitrogens with zero attached hydrogens (tertiary/aromatic N) is 2. The van der Waals surface area contributed by atoms with Crippen molar-refractivity contribution < 1.29 is 4.57 Å². The third-order valence-corrected chi connectivity index (χ3v) is 11.6. The Labute approximate surface area is 232 Å². The van der Waals surface area contributed by atoms with Gasteiger partial charge in [-0.15, -0.1) is 0 Å². The fourth-order valence-corrected chi connectivity index (χ4v) is 10.1. The third-order valence-electron chi connectivity index (χ3n) is 8.50. The fraction of sp³-hybridized carbons (Fsp3) is 0. The maximum absolute atomic E-state index is 15.6. The van der Waals surface area contributed by atoms with Gasteiger partial charge in [0.1, 0.15) is 0 Å². The molecule has 0 amide bonds. The molecule has 0 saturated carbocycles. The van der Waals surface area contributed by atoms with Crippen molar-refractivity contribution in [2.24, 2.45) is 0 Å². The molecule has 4 heteroatoms. The lowest BCUT2D eigenvalue weighted by atomic mass is 9.99. The zero-order chi connectivity index (χ0) is 26.4. The van der Waals surface area contributed by atoms with E-state index in [9.17, 15) is 0 Å². The summed E-state index contributed by atoms with van der Waals surface area (Å²) in [7, 11) is -3.19. The molecule has 3 heterocycles. The van der Waals surface area contributed by atoms with Crippen LogP contribution in [0.1, 0.15) is 0 Å². The lowest BCUT2D eigenvalue weighted by Gasteiger charge is -2.44. The molecule has 7 aromatic rings. The molecule has 9 rings (SSSR count). The van der Waals surface area contributed by atoms with Crippen molar-refractivity contribution in [3.8, 4) is 27.9 Å². The molecule has 6 aromatic carbocycles. The van der Waals surface area contributed by atoms with Crippen molar-refractivity contribution in [3.05, 3.63) is 140 Å². The predicted molar refractivity (Wildman–Crippen MR) is 167 cm³/mol. The van der Waals surface area contributed by atoms with Crippen LogP contribution in [-0.2, 0) is 4.57 Å². The Morgan fingerprint density at radius 3 is 1.62 bits per heavy atom. The topological polar surface area (TPSA) is 25.2 Å². The molecule has 0 spiro atoms. The van der Waals surface area contributed by atoms with E-state index < -0.39 is 7.29 Å². The van der Waals surface area contributed by atoms with E-state index >= 15 is 4.57 Å². The second kappa shape index (κ2) is 7.85. The Bertz CT molecular complexity index is 2170. The molecule has 3 nitrogen and oxygen atoms in total. The van der Waals surface area contributed by atoms with Crippen LogP contribution in [0.2, 0.25) is 0 Å². The number of anilines is 2. The molecular formula is C36H23N2OP. The van der Waals surface area contributed by atoms with E-state index in [2.05, 4.69) is 118 Å². The van der Waals surface area contributed by atoms with Gasteiger partial charge in [0.15, 0.2) is 0 Å². The Kier molecular flexibility index (Phi) is 4.32. The quantitative estimate of drug-likeness (QED) is 0.198. The molecule has 188 valence electrons. The lowest BCUT2D eigenvalue weighted by Crippen LogP contribution is -2.37. The monoisotopic (exact) mass is 530 g/mol. The Hall–Kier alpha value is -4.85. The van der Waals surface area contributed by atoms with Gasteiger partial charge in [-0.2, -0.15) is 0 Å². The van der Waals surface area contributed by atoms with Crippen LogP contribution in [0.5, 0.6) is 0 Å². The van der Waals surface area contributed by atoms with Crippen LogP contribution >= 0.6 is 7.29 Å². The summed E-state index contributed by atoms with van der Waals surface area (Å²) >= 11 is 0. The fourth-order valence-electron chi connectivity index (χ4n) is 6.86. The van der Waals surface area contributed by atoms with Crippen LogP contribution in [0.3, 0.4) is 0 Å². The van der Waals surface area contributed by atoms with Gasteiger partial charge in [-0.1, -0.05) is 91.0 Å². The molecular weight excluding hydrogens is 507 g/mol. The van der Waals surface area contributed by atoms with Crippen molar-refractivity contribution in [2.45, 2.75) is 0 Å². The third kappa shape index (κ3) is 2.68. The number of benzene rings is 6. The highest BCUT2D eigenvalue weighted by molar-refractivity contribution is 7.81. The van der Waals surface area contributed by atoms with Gasteiger partial charge in [0.25, 0.3) is 0 Å². The zero-order valence-electron chi connectivity index (χ0n) is 21.5. The van der Waals surface area contributed by atoms with Crippen LogP contribution in [0.4, 0.5) is 11.4 Å². The highest BCUT2D eigenvalue weighted by atomic mass is 31.2.